The number of hydrogen-bond donors (Lipinski definition) is 3. The highest BCUT2D eigenvalue weighted by Crippen LogP contribution is 2.15. The second kappa shape index (κ2) is 29.4. The van der Waals surface area contributed by atoms with Gasteiger partial charge in [-0.25, -0.2) is 4.79 Å². The molecule has 0 aliphatic heterocycles. The van der Waals surface area contributed by atoms with E-state index in [0.717, 1.165) is 11.1 Å². The Hall–Kier alpha value is -4.86. The summed E-state index contributed by atoms with van der Waals surface area (Å²) in [5, 5.41) is 5.77. The molecule has 15 nitrogen and oxygen atoms in total. The van der Waals surface area contributed by atoms with Crippen LogP contribution in [0.4, 0.5) is 4.79 Å². The van der Waals surface area contributed by atoms with Crippen LogP contribution in [0.2, 0.25) is 0 Å². The van der Waals surface area contributed by atoms with Crippen LogP contribution in [-0.2, 0) is 65.7 Å². The van der Waals surface area contributed by atoms with Gasteiger partial charge in [0.05, 0.1) is 45.3 Å². The number of rotatable bonds is 30. The van der Waals surface area contributed by atoms with Crippen LogP contribution in [0.5, 0.6) is 0 Å². The van der Waals surface area contributed by atoms with Crippen molar-refractivity contribution >= 4 is 35.6 Å². The molecule has 0 saturated heterocycles. The third kappa shape index (κ3) is 24.0. The lowest BCUT2D eigenvalue weighted by atomic mass is 9.97. The van der Waals surface area contributed by atoms with Gasteiger partial charge in [0.15, 0.2) is 5.78 Å². The van der Waals surface area contributed by atoms with E-state index < -0.39 is 47.4 Å². The number of carbonyl (C=O) groups is 6. The smallest absolute Gasteiger partial charge is 0.431 e. The molecule has 15 heteroatoms. The quantitative estimate of drug-likeness (QED) is 0.0365. The van der Waals surface area contributed by atoms with Gasteiger partial charge in [0, 0.05) is 31.4 Å². The second-order valence-electron chi connectivity index (χ2n) is 15.0. The number of Topliss-reactive ketones (excluding diaryl/α,β-unsaturated/α-hetero) is 1. The van der Waals surface area contributed by atoms with Gasteiger partial charge in [0.1, 0.15) is 18.8 Å². The predicted octanol–water partition coefficient (Wildman–Crippen LogP) is 5.92. The van der Waals surface area contributed by atoms with Crippen LogP contribution in [0, 0.1) is 11.8 Å². The largest absolute Gasteiger partial charge is 0.461 e. The molecule has 0 fully saturated rings. The topological polar surface area (TPSA) is 194 Å². The number of carbonyl (C=O) groups excluding carboxylic acids is 6. The fourth-order valence-corrected chi connectivity index (χ4v) is 5.63. The number of esters is 2. The van der Waals surface area contributed by atoms with Gasteiger partial charge in [-0.15, -0.1) is 0 Å². The third-order valence-corrected chi connectivity index (χ3v) is 8.93. The molecule has 2 rings (SSSR count). The monoisotopic (exact) mass is 827 g/mol. The Kier molecular flexibility index (Phi) is 25.0. The van der Waals surface area contributed by atoms with Gasteiger partial charge >= 0.3 is 18.0 Å². The number of ketones is 1. The summed E-state index contributed by atoms with van der Waals surface area (Å²) >= 11 is 0. The first-order valence-electron chi connectivity index (χ1n) is 20.6. The zero-order chi connectivity index (χ0) is 43.3. The maximum Gasteiger partial charge on any atom is 0.431 e. The SMILES string of the molecule is CC[C@H](CC(=O)OCc1ccccc1)C(=O)NCCCC[C@H](NC(=O)[C@H](CC)CC(=O)OCc1ccccc1)C(=O)CCCOCCOCCONC(=O)OC(C)(C)C. The highest BCUT2D eigenvalue weighted by atomic mass is 16.7. The lowest BCUT2D eigenvalue weighted by Gasteiger charge is -2.21. The lowest BCUT2D eigenvalue weighted by Crippen LogP contribution is -2.44. The van der Waals surface area contributed by atoms with E-state index in [4.69, 9.17) is 28.5 Å². The highest BCUT2D eigenvalue weighted by molar-refractivity contribution is 5.91. The van der Waals surface area contributed by atoms with Crippen LogP contribution in [0.15, 0.2) is 60.7 Å². The Morgan fingerprint density at radius 2 is 1.17 bits per heavy atom. The summed E-state index contributed by atoms with van der Waals surface area (Å²) in [5.74, 6) is -2.98. The molecular weight excluding hydrogens is 762 g/mol. The first kappa shape index (κ1) is 50.3. The van der Waals surface area contributed by atoms with E-state index in [-0.39, 0.29) is 70.6 Å². The van der Waals surface area contributed by atoms with Crippen LogP contribution >= 0.6 is 0 Å². The predicted molar refractivity (Wildman–Crippen MR) is 219 cm³/mol. The number of unbranched alkanes of at least 4 members (excludes halogenated alkanes) is 1. The molecule has 3 amide bonds. The van der Waals surface area contributed by atoms with E-state index in [1.807, 2.05) is 67.6 Å². The lowest BCUT2D eigenvalue weighted by molar-refractivity contribution is -0.148. The van der Waals surface area contributed by atoms with Crippen molar-refractivity contribution in [1.82, 2.24) is 16.1 Å². The van der Waals surface area contributed by atoms with Crippen molar-refractivity contribution in [3.8, 4) is 0 Å². The molecule has 0 saturated carbocycles. The van der Waals surface area contributed by atoms with Crippen molar-refractivity contribution in [1.29, 1.82) is 0 Å². The molecule has 2 aromatic carbocycles. The van der Waals surface area contributed by atoms with Gasteiger partial charge < -0.3 is 34.3 Å². The van der Waals surface area contributed by atoms with Crippen molar-refractivity contribution in [2.24, 2.45) is 11.8 Å². The summed E-state index contributed by atoms with van der Waals surface area (Å²) in [4.78, 5) is 81.3. The molecule has 328 valence electrons. The molecule has 2 aromatic rings. The van der Waals surface area contributed by atoms with Gasteiger partial charge in [-0.3, -0.25) is 28.8 Å². The number of hydrogen-bond acceptors (Lipinski definition) is 12. The summed E-state index contributed by atoms with van der Waals surface area (Å²) in [7, 11) is 0. The number of hydroxylamine groups is 1. The average molecular weight is 828 g/mol. The van der Waals surface area contributed by atoms with E-state index in [2.05, 4.69) is 16.1 Å². The molecule has 0 aromatic heterocycles. The Bertz CT molecular complexity index is 1530. The van der Waals surface area contributed by atoms with Crippen molar-refractivity contribution in [3.63, 3.8) is 0 Å². The van der Waals surface area contributed by atoms with E-state index >= 15 is 0 Å². The maximum atomic E-state index is 13.4. The van der Waals surface area contributed by atoms with E-state index in [1.165, 1.54) is 0 Å². The number of nitrogens with one attached hydrogen (secondary N) is 3. The Labute approximate surface area is 348 Å². The molecule has 0 aliphatic rings. The molecule has 3 N–H and O–H groups in total. The van der Waals surface area contributed by atoms with E-state index in [1.54, 1.807) is 27.7 Å². The minimum absolute atomic E-state index is 0.0308. The molecule has 0 bridgehead atoms. The zero-order valence-corrected chi connectivity index (χ0v) is 35.4. The molecular formula is C44H65N3O12. The van der Waals surface area contributed by atoms with Crippen molar-refractivity contribution < 1.29 is 57.3 Å². The fourth-order valence-electron chi connectivity index (χ4n) is 5.63. The van der Waals surface area contributed by atoms with Crippen LogP contribution < -0.4 is 16.1 Å². The molecule has 0 unspecified atom stereocenters. The average Bonchev–Trinajstić information content (AvgIpc) is 3.21. The van der Waals surface area contributed by atoms with Crippen LogP contribution in [0.3, 0.4) is 0 Å². The van der Waals surface area contributed by atoms with Crippen LogP contribution in [0.1, 0.15) is 104 Å². The van der Waals surface area contributed by atoms with Gasteiger partial charge in [-0.2, -0.15) is 5.48 Å². The molecule has 0 aliphatic carbocycles. The fraction of sp³-hybridized carbons (Fsp3) is 0.591. The van der Waals surface area contributed by atoms with Crippen LogP contribution in [0.25, 0.3) is 0 Å². The van der Waals surface area contributed by atoms with Crippen molar-refractivity contribution in [2.75, 3.05) is 39.6 Å². The summed E-state index contributed by atoms with van der Waals surface area (Å²) in [6.07, 6.45) is 1.96. The standard InChI is InChI=1S/C44H65N3O12/c1-6-35(29-39(49)56-31-33-17-10-8-11-18-33)41(51)45-23-15-14-21-37(46-42(52)36(7-2)30-40(50)57-32-34-19-12-9-13-20-34)38(48)22-16-24-54-25-26-55-27-28-58-47-43(53)59-44(3,4)5/h8-13,17-20,35-37H,6-7,14-16,21-32H2,1-5H3,(H,45,51)(H,46,52)(H,47,53)/t35-,36-,37+/m1/s1. The summed E-state index contributed by atoms with van der Waals surface area (Å²) < 4.78 is 26.9. The normalized spacial score (nSPS) is 12.7. The second-order valence-corrected chi connectivity index (χ2v) is 15.0. The summed E-state index contributed by atoms with van der Waals surface area (Å²) in [5.41, 5.74) is 3.24. The first-order valence-corrected chi connectivity index (χ1v) is 20.6. The number of ether oxygens (including phenoxy) is 5. The van der Waals surface area contributed by atoms with Gasteiger partial charge in [-0.1, -0.05) is 74.5 Å². The molecule has 0 heterocycles. The first-order chi connectivity index (χ1) is 28.3. The molecule has 0 radical (unpaired) electrons. The summed E-state index contributed by atoms with van der Waals surface area (Å²) in [6.45, 7) is 10.6. The van der Waals surface area contributed by atoms with Gasteiger partial charge in [0.2, 0.25) is 11.8 Å². The number of benzene rings is 2. The van der Waals surface area contributed by atoms with Gasteiger partial charge in [0.25, 0.3) is 0 Å². The van der Waals surface area contributed by atoms with E-state index in [9.17, 15) is 28.8 Å². The van der Waals surface area contributed by atoms with Crippen molar-refractivity contribution in [3.05, 3.63) is 71.8 Å². The Morgan fingerprint density at radius 3 is 1.71 bits per heavy atom. The highest BCUT2D eigenvalue weighted by Gasteiger charge is 2.27. The zero-order valence-electron chi connectivity index (χ0n) is 35.4. The third-order valence-electron chi connectivity index (χ3n) is 8.93. The Morgan fingerprint density at radius 1 is 0.644 bits per heavy atom. The van der Waals surface area contributed by atoms with Crippen LogP contribution in [-0.4, -0.2) is 86.9 Å². The summed E-state index contributed by atoms with van der Waals surface area (Å²) in [6, 6.07) is 17.8. The minimum atomic E-state index is -0.798. The van der Waals surface area contributed by atoms with Gasteiger partial charge in [-0.05, 0) is 70.4 Å². The molecule has 0 spiro atoms. The molecule has 59 heavy (non-hydrogen) atoms. The minimum Gasteiger partial charge on any atom is -0.461 e. The number of amides is 3. The molecule has 3 atom stereocenters. The van der Waals surface area contributed by atoms with Crippen molar-refractivity contribution in [2.45, 2.75) is 117 Å². The van der Waals surface area contributed by atoms with E-state index in [0.29, 0.717) is 51.7 Å². The maximum absolute atomic E-state index is 13.4. The Balaban J connectivity index is 1.81.